The van der Waals surface area contributed by atoms with Gasteiger partial charge in [0.1, 0.15) is 16.5 Å². The zero-order valence-electron chi connectivity index (χ0n) is 14.5. The number of H-pyrrole nitrogens is 2. The molecule has 138 valence electrons. The Balaban J connectivity index is 1.64. The summed E-state index contributed by atoms with van der Waals surface area (Å²) in [7, 11) is 0. The molecule has 5 aromatic rings. The van der Waals surface area contributed by atoms with Gasteiger partial charge in [0.2, 0.25) is 0 Å². The molecular weight excluding hydrogens is 392 g/mol. The van der Waals surface area contributed by atoms with Crippen LogP contribution >= 0.6 is 22.7 Å². The summed E-state index contributed by atoms with van der Waals surface area (Å²) < 4.78 is 0. The van der Waals surface area contributed by atoms with Crippen LogP contribution in [0.4, 0.5) is 5.82 Å². The first-order chi connectivity index (χ1) is 13.8. The van der Waals surface area contributed by atoms with Gasteiger partial charge in [-0.25, -0.2) is 19.9 Å². The average Bonchev–Trinajstić information content (AvgIpc) is 3.47. The highest BCUT2D eigenvalue weighted by Crippen LogP contribution is 2.38. The van der Waals surface area contributed by atoms with E-state index in [1.807, 2.05) is 35.7 Å². The molecule has 0 amide bonds. The van der Waals surface area contributed by atoms with Crippen molar-refractivity contribution in [3.63, 3.8) is 0 Å². The van der Waals surface area contributed by atoms with Crippen LogP contribution < -0.4 is 11.0 Å². The Morgan fingerprint density at radius 1 is 1.04 bits per heavy atom. The van der Waals surface area contributed by atoms with Crippen LogP contribution in [0.15, 0.2) is 58.0 Å². The summed E-state index contributed by atoms with van der Waals surface area (Å²) in [5.74, 6) is 1.92. The molecule has 0 radical (unpaired) electrons. The van der Waals surface area contributed by atoms with Crippen molar-refractivity contribution in [3.05, 3.63) is 69.5 Å². The molecule has 0 aliphatic carbocycles. The van der Waals surface area contributed by atoms with E-state index in [0.717, 1.165) is 32.0 Å². The molecule has 5 rings (SSSR count). The lowest BCUT2D eigenvalue weighted by Gasteiger charge is -2.09. The van der Waals surface area contributed by atoms with Crippen LogP contribution in [0.1, 0.15) is 5.82 Å². The van der Waals surface area contributed by atoms with Gasteiger partial charge in [-0.15, -0.1) is 22.7 Å². The van der Waals surface area contributed by atoms with Crippen LogP contribution in [0.3, 0.4) is 0 Å². The standard InChI is InChI=1S/C19H14N6OS2/c26-19-21-14(24-25-19)9-20-17-15-12(11-5-2-1-3-6-11)10-28-18(15)23-16(22-17)13-7-4-8-27-13/h1-8,10H,9H2,(H,20,22,23)(H2,21,24,25,26). The van der Waals surface area contributed by atoms with Crippen molar-refractivity contribution in [1.82, 2.24) is 25.1 Å². The van der Waals surface area contributed by atoms with Crippen molar-refractivity contribution in [3.8, 4) is 21.8 Å². The summed E-state index contributed by atoms with van der Waals surface area (Å²) >= 11 is 3.20. The van der Waals surface area contributed by atoms with E-state index >= 15 is 0 Å². The number of hydrogen-bond acceptors (Lipinski definition) is 7. The molecule has 0 bridgehead atoms. The number of aromatic nitrogens is 5. The van der Waals surface area contributed by atoms with Gasteiger partial charge in [-0.1, -0.05) is 36.4 Å². The third kappa shape index (κ3) is 3.10. The highest BCUT2D eigenvalue weighted by Gasteiger charge is 2.17. The number of nitrogens with zero attached hydrogens (tertiary/aromatic N) is 3. The van der Waals surface area contributed by atoms with Crippen molar-refractivity contribution in [2.75, 3.05) is 5.32 Å². The van der Waals surface area contributed by atoms with E-state index in [1.54, 1.807) is 22.7 Å². The van der Waals surface area contributed by atoms with Crippen molar-refractivity contribution in [2.24, 2.45) is 0 Å². The fraction of sp³-hybridized carbons (Fsp3) is 0.0526. The number of hydrogen-bond donors (Lipinski definition) is 3. The SMILES string of the molecule is O=c1[nH]nc(CNc2nc(-c3cccs3)nc3scc(-c4ccccc4)c23)[nH]1. The van der Waals surface area contributed by atoms with Gasteiger partial charge >= 0.3 is 5.69 Å². The minimum Gasteiger partial charge on any atom is -0.362 e. The lowest BCUT2D eigenvalue weighted by atomic mass is 10.1. The predicted octanol–water partition coefficient (Wildman–Crippen LogP) is 4.11. The monoisotopic (exact) mass is 406 g/mol. The maximum Gasteiger partial charge on any atom is 0.340 e. The first kappa shape index (κ1) is 16.8. The molecule has 0 fully saturated rings. The van der Waals surface area contributed by atoms with Crippen LogP contribution in [0.2, 0.25) is 0 Å². The van der Waals surface area contributed by atoms with Crippen LogP contribution in [0.25, 0.3) is 32.0 Å². The van der Waals surface area contributed by atoms with E-state index in [4.69, 9.17) is 9.97 Å². The van der Waals surface area contributed by atoms with Crippen LogP contribution in [0, 0.1) is 0 Å². The molecule has 4 heterocycles. The molecule has 28 heavy (non-hydrogen) atoms. The summed E-state index contributed by atoms with van der Waals surface area (Å²) in [6, 6.07) is 14.2. The Morgan fingerprint density at radius 2 is 1.93 bits per heavy atom. The van der Waals surface area contributed by atoms with Crippen molar-refractivity contribution < 1.29 is 0 Å². The first-order valence-corrected chi connectivity index (χ1v) is 10.3. The molecule has 0 atom stereocenters. The van der Waals surface area contributed by atoms with E-state index in [0.29, 0.717) is 18.2 Å². The molecule has 3 N–H and O–H groups in total. The molecule has 0 aliphatic rings. The number of anilines is 1. The number of aromatic amines is 2. The molecular formula is C19H14N6OS2. The summed E-state index contributed by atoms with van der Waals surface area (Å²) in [4.78, 5) is 25.4. The molecule has 0 unspecified atom stereocenters. The molecule has 7 nitrogen and oxygen atoms in total. The number of benzene rings is 1. The van der Waals surface area contributed by atoms with E-state index in [1.165, 1.54) is 0 Å². The van der Waals surface area contributed by atoms with Gasteiger partial charge in [0.15, 0.2) is 5.82 Å². The zero-order valence-corrected chi connectivity index (χ0v) is 16.1. The predicted molar refractivity (Wildman–Crippen MR) is 113 cm³/mol. The third-order valence-corrected chi connectivity index (χ3v) is 5.97. The van der Waals surface area contributed by atoms with Gasteiger partial charge in [-0.05, 0) is 17.0 Å². The molecule has 0 saturated heterocycles. The van der Waals surface area contributed by atoms with Crippen molar-refractivity contribution >= 4 is 38.7 Å². The fourth-order valence-electron chi connectivity index (χ4n) is 2.97. The Morgan fingerprint density at radius 3 is 2.68 bits per heavy atom. The van der Waals surface area contributed by atoms with Crippen LogP contribution in [0.5, 0.6) is 0 Å². The molecule has 4 aromatic heterocycles. The van der Waals surface area contributed by atoms with Crippen molar-refractivity contribution in [2.45, 2.75) is 6.54 Å². The molecule has 0 spiro atoms. The largest absolute Gasteiger partial charge is 0.362 e. The smallest absolute Gasteiger partial charge is 0.340 e. The number of nitrogens with one attached hydrogen (secondary N) is 3. The highest BCUT2D eigenvalue weighted by atomic mass is 32.1. The summed E-state index contributed by atoms with van der Waals surface area (Å²) in [5, 5.41) is 14.7. The normalized spacial score (nSPS) is 11.1. The van der Waals surface area contributed by atoms with Crippen LogP contribution in [-0.2, 0) is 6.54 Å². The van der Waals surface area contributed by atoms with Gasteiger partial charge in [0.25, 0.3) is 0 Å². The highest BCUT2D eigenvalue weighted by molar-refractivity contribution is 7.17. The van der Waals surface area contributed by atoms with Crippen molar-refractivity contribution in [1.29, 1.82) is 0 Å². The number of rotatable bonds is 5. The Kier molecular flexibility index (Phi) is 4.22. The molecule has 9 heteroatoms. The molecule has 1 aromatic carbocycles. The second kappa shape index (κ2) is 7.02. The van der Waals surface area contributed by atoms with Gasteiger partial charge < -0.3 is 5.32 Å². The summed E-state index contributed by atoms with van der Waals surface area (Å²) in [6.07, 6.45) is 0. The summed E-state index contributed by atoms with van der Waals surface area (Å²) in [5.41, 5.74) is 1.86. The maximum atomic E-state index is 11.3. The lowest BCUT2D eigenvalue weighted by molar-refractivity contribution is 0.948. The van der Waals surface area contributed by atoms with Gasteiger partial charge in [-0.2, -0.15) is 5.10 Å². The second-order valence-electron chi connectivity index (χ2n) is 6.05. The Bertz CT molecular complexity index is 1290. The second-order valence-corrected chi connectivity index (χ2v) is 7.85. The van der Waals surface area contributed by atoms with Gasteiger partial charge in [0, 0.05) is 10.9 Å². The van der Waals surface area contributed by atoms with Gasteiger partial charge in [0.05, 0.1) is 16.8 Å². The fourth-order valence-corrected chi connectivity index (χ4v) is 4.58. The maximum absolute atomic E-state index is 11.3. The van der Waals surface area contributed by atoms with Crippen LogP contribution in [-0.4, -0.2) is 25.1 Å². The first-order valence-electron chi connectivity index (χ1n) is 8.54. The number of fused-ring (bicyclic) bond motifs is 1. The van der Waals surface area contributed by atoms with E-state index in [-0.39, 0.29) is 5.69 Å². The van der Waals surface area contributed by atoms with E-state index in [9.17, 15) is 4.79 Å². The third-order valence-electron chi connectivity index (χ3n) is 4.23. The summed E-state index contributed by atoms with van der Waals surface area (Å²) in [6.45, 7) is 0.346. The number of thiophene rings is 2. The van der Waals surface area contributed by atoms with Gasteiger partial charge in [-0.3, -0.25) is 4.98 Å². The quantitative estimate of drug-likeness (QED) is 0.408. The molecule has 0 aliphatic heterocycles. The minimum absolute atomic E-state index is 0.329. The topological polar surface area (TPSA) is 99.3 Å². The van der Waals surface area contributed by atoms with E-state index in [2.05, 4.69) is 38.0 Å². The Labute approximate surface area is 167 Å². The minimum atomic E-state index is -0.329. The zero-order chi connectivity index (χ0) is 18.9. The molecule has 0 saturated carbocycles. The lowest BCUT2D eigenvalue weighted by Crippen LogP contribution is -2.06. The van der Waals surface area contributed by atoms with E-state index < -0.39 is 0 Å². The Hall–Kier alpha value is -3.30. The average molecular weight is 406 g/mol.